The standard InChI is InChI=1S/C13H18O4S/c1-10(2)7-8-18(16,17)12-5-3-11(4-6-12)9-13(14)15/h3-6,10H,7-9H2,1-2H3,(H,14,15). The highest BCUT2D eigenvalue weighted by atomic mass is 32.2. The van der Waals surface area contributed by atoms with Crippen molar-refractivity contribution in [3.8, 4) is 0 Å². The van der Waals surface area contributed by atoms with E-state index in [-0.39, 0.29) is 17.1 Å². The molecule has 0 spiro atoms. The number of rotatable bonds is 6. The Bertz CT molecular complexity index is 500. The summed E-state index contributed by atoms with van der Waals surface area (Å²) in [4.78, 5) is 10.8. The van der Waals surface area contributed by atoms with Crippen molar-refractivity contribution < 1.29 is 18.3 Å². The van der Waals surface area contributed by atoms with Crippen LogP contribution in [0.4, 0.5) is 0 Å². The Balaban J connectivity index is 2.81. The van der Waals surface area contributed by atoms with Crippen molar-refractivity contribution in [2.45, 2.75) is 31.6 Å². The molecule has 1 aromatic carbocycles. The van der Waals surface area contributed by atoms with Gasteiger partial charge < -0.3 is 5.11 Å². The van der Waals surface area contributed by atoms with E-state index in [2.05, 4.69) is 0 Å². The van der Waals surface area contributed by atoms with E-state index in [1.807, 2.05) is 13.8 Å². The normalized spacial score (nSPS) is 11.7. The predicted octanol–water partition coefficient (Wildman–Crippen LogP) is 2.13. The zero-order chi connectivity index (χ0) is 13.8. The second-order valence-electron chi connectivity index (χ2n) is 4.72. The number of sulfone groups is 1. The lowest BCUT2D eigenvalue weighted by Crippen LogP contribution is -2.09. The van der Waals surface area contributed by atoms with Crippen LogP contribution in [0.2, 0.25) is 0 Å². The van der Waals surface area contributed by atoms with Gasteiger partial charge in [0.05, 0.1) is 17.1 Å². The first-order valence-electron chi connectivity index (χ1n) is 5.85. The number of aliphatic carboxylic acids is 1. The summed E-state index contributed by atoms with van der Waals surface area (Å²) in [7, 11) is -3.25. The number of benzene rings is 1. The molecule has 1 N–H and O–H groups in total. The summed E-state index contributed by atoms with van der Waals surface area (Å²) in [6.07, 6.45) is 0.533. The Hall–Kier alpha value is -1.36. The Morgan fingerprint density at radius 1 is 1.22 bits per heavy atom. The van der Waals surface area contributed by atoms with Crippen LogP contribution in [0.3, 0.4) is 0 Å². The maximum atomic E-state index is 12.0. The van der Waals surface area contributed by atoms with Crippen molar-refractivity contribution in [1.29, 1.82) is 0 Å². The Kier molecular flexibility index (Phi) is 4.90. The third kappa shape index (κ3) is 4.49. The van der Waals surface area contributed by atoms with Crippen LogP contribution < -0.4 is 0 Å². The van der Waals surface area contributed by atoms with E-state index in [1.54, 1.807) is 12.1 Å². The van der Waals surface area contributed by atoms with Crippen molar-refractivity contribution in [3.63, 3.8) is 0 Å². The molecule has 0 aliphatic heterocycles. The maximum absolute atomic E-state index is 12.0. The molecule has 0 fully saturated rings. The average molecular weight is 270 g/mol. The summed E-state index contributed by atoms with van der Waals surface area (Å²) in [5.41, 5.74) is 0.602. The minimum absolute atomic E-state index is 0.0910. The molecule has 0 aliphatic carbocycles. The van der Waals surface area contributed by atoms with E-state index < -0.39 is 15.8 Å². The summed E-state index contributed by atoms with van der Waals surface area (Å²) < 4.78 is 23.9. The highest BCUT2D eigenvalue weighted by molar-refractivity contribution is 7.91. The summed E-state index contributed by atoms with van der Waals surface area (Å²) in [5, 5.41) is 8.62. The topological polar surface area (TPSA) is 71.4 Å². The molecule has 1 rings (SSSR count). The Morgan fingerprint density at radius 3 is 2.22 bits per heavy atom. The first kappa shape index (κ1) is 14.7. The third-order valence-electron chi connectivity index (χ3n) is 2.60. The number of carbonyl (C=O) groups is 1. The molecule has 1 aromatic rings. The zero-order valence-corrected chi connectivity index (χ0v) is 11.4. The van der Waals surface area contributed by atoms with Crippen molar-refractivity contribution in [1.82, 2.24) is 0 Å². The van der Waals surface area contributed by atoms with Crippen molar-refractivity contribution in [3.05, 3.63) is 29.8 Å². The van der Waals surface area contributed by atoms with Gasteiger partial charge in [0.15, 0.2) is 9.84 Å². The molecular weight excluding hydrogens is 252 g/mol. The summed E-state index contributed by atoms with van der Waals surface area (Å²) in [6, 6.07) is 6.06. The molecule has 0 saturated carbocycles. The first-order chi connectivity index (χ1) is 8.31. The lowest BCUT2D eigenvalue weighted by molar-refractivity contribution is -0.136. The maximum Gasteiger partial charge on any atom is 0.307 e. The molecule has 0 unspecified atom stereocenters. The predicted molar refractivity (Wildman–Crippen MR) is 69.3 cm³/mol. The molecule has 18 heavy (non-hydrogen) atoms. The Labute approximate surface area is 108 Å². The average Bonchev–Trinajstić information content (AvgIpc) is 2.26. The first-order valence-corrected chi connectivity index (χ1v) is 7.50. The van der Waals surface area contributed by atoms with Crippen LogP contribution >= 0.6 is 0 Å². The van der Waals surface area contributed by atoms with Gasteiger partial charge in [-0.3, -0.25) is 4.79 Å². The molecule has 0 radical (unpaired) electrons. The lowest BCUT2D eigenvalue weighted by Gasteiger charge is -2.07. The van der Waals surface area contributed by atoms with Crippen LogP contribution in [0, 0.1) is 5.92 Å². The summed E-state index contributed by atoms with van der Waals surface area (Å²) >= 11 is 0. The van der Waals surface area contributed by atoms with Gasteiger partial charge in [-0.25, -0.2) is 8.42 Å². The van der Waals surface area contributed by atoms with Crippen LogP contribution in [0.15, 0.2) is 29.2 Å². The Morgan fingerprint density at radius 2 is 1.78 bits per heavy atom. The fourth-order valence-electron chi connectivity index (χ4n) is 1.50. The number of carboxylic acid groups (broad SMARTS) is 1. The van der Waals surface area contributed by atoms with Gasteiger partial charge in [-0.2, -0.15) is 0 Å². The fourth-order valence-corrected chi connectivity index (χ4v) is 3.07. The highest BCUT2D eigenvalue weighted by Crippen LogP contribution is 2.15. The molecule has 100 valence electrons. The van der Waals surface area contributed by atoms with Gasteiger partial charge in [0.2, 0.25) is 0 Å². The molecule has 4 nitrogen and oxygen atoms in total. The van der Waals surface area contributed by atoms with Gasteiger partial charge in [0.1, 0.15) is 0 Å². The van der Waals surface area contributed by atoms with E-state index in [0.29, 0.717) is 17.9 Å². The van der Waals surface area contributed by atoms with Gasteiger partial charge >= 0.3 is 5.97 Å². The van der Waals surface area contributed by atoms with Gasteiger partial charge in [-0.1, -0.05) is 26.0 Å². The van der Waals surface area contributed by atoms with Crippen LogP contribution in [-0.2, 0) is 21.1 Å². The number of hydrogen-bond acceptors (Lipinski definition) is 3. The summed E-state index contributed by atoms with van der Waals surface area (Å²) in [5.74, 6) is -0.459. The minimum atomic E-state index is -3.25. The molecule has 0 amide bonds. The molecule has 0 aliphatic rings. The number of carboxylic acids is 1. The second-order valence-corrected chi connectivity index (χ2v) is 6.83. The van der Waals surface area contributed by atoms with E-state index in [9.17, 15) is 13.2 Å². The van der Waals surface area contributed by atoms with E-state index in [4.69, 9.17) is 5.11 Å². The second kappa shape index (κ2) is 6.00. The van der Waals surface area contributed by atoms with Gasteiger partial charge in [-0.05, 0) is 30.0 Å². The van der Waals surface area contributed by atoms with Crippen LogP contribution in [-0.4, -0.2) is 25.2 Å². The minimum Gasteiger partial charge on any atom is -0.481 e. The van der Waals surface area contributed by atoms with E-state index in [1.165, 1.54) is 12.1 Å². The van der Waals surface area contributed by atoms with Gasteiger partial charge in [0.25, 0.3) is 0 Å². The third-order valence-corrected chi connectivity index (χ3v) is 4.37. The van der Waals surface area contributed by atoms with Crippen LogP contribution in [0.1, 0.15) is 25.8 Å². The molecule has 0 saturated heterocycles. The summed E-state index contributed by atoms with van der Waals surface area (Å²) in [6.45, 7) is 3.96. The monoisotopic (exact) mass is 270 g/mol. The highest BCUT2D eigenvalue weighted by Gasteiger charge is 2.15. The largest absolute Gasteiger partial charge is 0.481 e. The van der Waals surface area contributed by atoms with Crippen molar-refractivity contribution in [2.75, 3.05) is 5.75 Å². The van der Waals surface area contributed by atoms with Crippen molar-refractivity contribution in [2.24, 2.45) is 5.92 Å². The van der Waals surface area contributed by atoms with Crippen LogP contribution in [0.5, 0.6) is 0 Å². The van der Waals surface area contributed by atoms with E-state index in [0.717, 1.165) is 0 Å². The van der Waals surface area contributed by atoms with Gasteiger partial charge in [0, 0.05) is 0 Å². The SMILES string of the molecule is CC(C)CCS(=O)(=O)c1ccc(CC(=O)O)cc1. The fraction of sp³-hybridized carbons (Fsp3) is 0.462. The van der Waals surface area contributed by atoms with Crippen LogP contribution in [0.25, 0.3) is 0 Å². The molecular formula is C13H18O4S. The molecule has 0 atom stereocenters. The quantitative estimate of drug-likeness (QED) is 0.859. The van der Waals surface area contributed by atoms with Crippen molar-refractivity contribution >= 4 is 15.8 Å². The van der Waals surface area contributed by atoms with E-state index >= 15 is 0 Å². The molecule has 0 aromatic heterocycles. The number of hydrogen-bond donors (Lipinski definition) is 1. The molecule has 0 bridgehead atoms. The smallest absolute Gasteiger partial charge is 0.307 e. The molecule has 0 heterocycles. The molecule has 5 heteroatoms. The lowest BCUT2D eigenvalue weighted by atomic mass is 10.2. The van der Waals surface area contributed by atoms with Gasteiger partial charge in [-0.15, -0.1) is 0 Å². The zero-order valence-electron chi connectivity index (χ0n) is 10.6.